The van der Waals surface area contributed by atoms with E-state index in [0.29, 0.717) is 41.0 Å². The fourth-order valence-corrected chi connectivity index (χ4v) is 3.73. The maximum atomic E-state index is 13.4. The van der Waals surface area contributed by atoms with Crippen molar-refractivity contribution in [2.45, 2.75) is 19.4 Å². The fourth-order valence-electron chi connectivity index (χ4n) is 3.53. The summed E-state index contributed by atoms with van der Waals surface area (Å²) in [6.45, 7) is 2.06. The molecule has 1 aliphatic rings. The normalized spacial score (nSPS) is 16.0. The van der Waals surface area contributed by atoms with Crippen LogP contribution in [0.2, 0.25) is 5.02 Å². The molecule has 2 aromatic heterocycles. The van der Waals surface area contributed by atoms with Crippen LogP contribution in [0.25, 0.3) is 11.3 Å². The van der Waals surface area contributed by atoms with Crippen LogP contribution in [-0.4, -0.2) is 29.0 Å². The van der Waals surface area contributed by atoms with Crippen LogP contribution in [-0.2, 0) is 11.3 Å². The van der Waals surface area contributed by atoms with Gasteiger partial charge in [-0.3, -0.25) is 4.79 Å². The number of carbonyl (C=O) groups is 1. The van der Waals surface area contributed by atoms with Gasteiger partial charge >= 0.3 is 0 Å². The molecule has 0 aliphatic carbocycles. The van der Waals surface area contributed by atoms with Crippen LogP contribution in [0.4, 0.5) is 16.0 Å². The van der Waals surface area contributed by atoms with Gasteiger partial charge in [-0.25, -0.2) is 14.4 Å². The maximum absolute atomic E-state index is 13.4. The van der Waals surface area contributed by atoms with E-state index in [2.05, 4.69) is 25.9 Å². The van der Waals surface area contributed by atoms with Gasteiger partial charge in [-0.15, -0.1) is 0 Å². The van der Waals surface area contributed by atoms with Crippen molar-refractivity contribution in [2.75, 3.05) is 23.7 Å². The van der Waals surface area contributed by atoms with Crippen LogP contribution in [0.3, 0.4) is 0 Å². The van der Waals surface area contributed by atoms with Crippen LogP contribution in [0.5, 0.6) is 0 Å². The van der Waals surface area contributed by atoms with E-state index in [9.17, 15) is 9.18 Å². The Labute approximate surface area is 185 Å². The minimum absolute atomic E-state index is 0.0496. The van der Waals surface area contributed by atoms with Gasteiger partial charge in [-0.2, -0.15) is 0 Å². The molecule has 1 amide bonds. The summed E-state index contributed by atoms with van der Waals surface area (Å²) < 4.78 is 13.4. The Balaban J connectivity index is 1.48. The van der Waals surface area contributed by atoms with Gasteiger partial charge in [-0.05, 0) is 55.3 Å². The highest BCUT2D eigenvalue weighted by Crippen LogP contribution is 2.29. The lowest BCUT2D eigenvalue weighted by atomic mass is 9.99. The van der Waals surface area contributed by atoms with Gasteiger partial charge in [0.1, 0.15) is 17.5 Å². The van der Waals surface area contributed by atoms with Crippen molar-refractivity contribution in [1.29, 1.82) is 0 Å². The lowest BCUT2D eigenvalue weighted by Gasteiger charge is -2.21. The quantitative estimate of drug-likeness (QED) is 0.527. The number of hydrogen-bond donors (Lipinski definition) is 3. The Bertz CT molecular complexity index is 1070. The van der Waals surface area contributed by atoms with E-state index in [4.69, 9.17) is 11.6 Å². The first-order valence-corrected chi connectivity index (χ1v) is 10.6. The standard InChI is InChI=1S/C23H23ClFN5O/c24-19-14-28-22(30-23(31)16-5-3-9-26-13-16)11-18(19)20-7-2-8-21(29-20)27-12-15-4-1-6-17(25)10-15/h1-2,4,6-8,10-11,14,16,26H,3,5,9,12-13H2,(H,27,29)(H,28,30,31)/t16-/m1/s1. The molecule has 31 heavy (non-hydrogen) atoms. The van der Waals surface area contributed by atoms with Gasteiger partial charge < -0.3 is 16.0 Å². The molecule has 3 N–H and O–H groups in total. The zero-order valence-corrected chi connectivity index (χ0v) is 17.6. The van der Waals surface area contributed by atoms with Crippen molar-refractivity contribution in [2.24, 2.45) is 5.92 Å². The SMILES string of the molecule is O=C(Nc1cc(-c2cccc(NCc3cccc(F)c3)n2)c(Cl)cn1)[C@@H]1CCCNC1. The van der Waals surface area contributed by atoms with Crippen molar-refractivity contribution in [3.8, 4) is 11.3 Å². The van der Waals surface area contributed by atoms with E-state index in [1.165, 1.54) is 18.3 Å². The Hall–Kier alpha value is -3.03. The molecule has 1 aromatic carbocycles. The number of carbonyl (C=O) groups excluding carboxylic acids is 1. The molecule has 3 heterocycles. The van der Waals surface area contributed by atoms with E-state index < -0.39 is 0 Å². The predicted octanol–water partition coefficient (Wildman–Crippen LogP) is 4.49. The van der Waals surface area contributed by atoms with Gasteiger partial charge in [0.15, 0.2) is 0 Å². The zero-order valence-electron chi connectivity index (χ0n) is 16.9. The van der Waals surface area contributed by atoms with Crippen molar-refractivity contribution in [3.05, 3.63) is 71.1 Å². The average Bonchev–Trinajstić information content (AvgIpc) is 2.80. The minimum Gasteiger partial charge on any atom is -0.366 e. The minimum atomic E-state index is -0.275. The van der Waals surface area contributed by atoms with Gasteiger partial charge in [0, 0.05) is 24.8 Å². The van der Waals surface area contributed by atoms with E-state index in [1.807, 2.05) is 24.3 Å². The van der Waals surface area contributed by atoms with Crippen molar-refractivity contribution in [1.82, 2.24) is 15.3 Å². The first kappa shape index (κ1) is 21.2. The summed E-state index contributed by atoms with van der Waals surface area (Å²) in [7, 11) is 0. The molecule has 0 bridgehead atoms. The molecule has 0 radical (unpaired) electrons. The second kappa shape index (κ2) is 9.85. The number of pyridine rings is 2. The number of rotatable bonds is 6. The molecule has 3 aromatic rings. The van der Waals surface area contributed by atoms with E-state index in [0.717, 1.165) is 24.9 Å². The Morgan fingerprint density at radius 2 is 2.06 bits per heavy atom. The van der Waals surface area contributed by atoms with Gasteiger partial charge in [0.2, 0.25) is 5.91 Å². The molecule has 0 unspecified atom stereocenters. The fraction of sp³-hybridized carbons (Fsp3) is 0.261. The Morgan fingerprint density at radius 3 is 2.87 bits per heavy atom. The number of benzene rings is 1. The Morgan fingerprint density at radius 1 is 1.19 bits per heavy atom. The third-order valence-corrected chi connectivity index (χ3v) is 5.46. The zero-order chi connectivity index (χ0) is 21.6. The predicted molar refractivity (Wildman–Crippen MR) is 120 cm³/mol. The number of halogens is 2. The molecule has 1 saturated heterocycles. The molecular formula is C23H23ClFN5O. The average molecular weight is 440 g/mol. The monoisotopic (exact) mass is 439 g/mol. The molecule has 0 saturated carbocycles. The van der Waals surface area contributed by atoms with Crippen LogP contribution >= 0.6 is 11.6 Å². The van der Waals surface area contributed by atoms with Crippen LogP contribution in [0, 0.1) is 11.7 Å². The van der Waals surface area contributed by atoms with Gasteiger partial charge in [-0.1, -0.05) is 29.8 Å². The number of hydrogen-bond acceptors (Lipinski definition) is 5. The summed E-state index contributed by atoms with van der Waals surface area (Å²) in [5.41, 5.74) is 2.13. The number of amides is 1. The van der Waals surface area contributed by atoms with E-state index in [1.54, 1.807) is 12.1 Å². The second-order valence-corrected chi connectivity index (χ2v) is 7.88. The molecule has 1 aliphatic heterocycles. The summed E-state index contributed by atoms with van der Waals surface area (Å²) in [6, 6.07) is 13.7. The summed E-state index contributed by atoms with van der Waals surface area (Å²) in [4.78, 5) is 21.4. The van der Waals surface area contributed by atoms with Crippen LogP contribution in [0.15, 0.2) is 54.7 Å². The smallest absolute Gasteiger partial charge is 0.229 e. The van der Waals surface area contributed by atoms with Gasteiger partial charge in [0.25, 0.3) is 0 Å². The number of piperidine rings is 1. The molecule has 160 valence electrons. The molecular weight excluding hydrogens is 417 g/mol. The number of nitrogens with zero attached hydrogens (tertiary/aromatic N) is 2. The summed E-state index contributed by atoms with van der Waals surface area (Å²) in [6.07, 6.45) is 3.36. The second-order valence-electron chi connectivity index (χ2n) is 7.47. The van der Waals surface area contributed by atoms with Crippen LogP contribution < -0.4 is 16.0 Å². The lowest BCUT2D eigenvalue weighted by Crippen LogP contribution is -2.37. The van der Waals surface area contributed by atoms with E-state index in [-0.39, 0.29) is 17.6 Å². The number of aromatic nitrogens is 2. The highest BCUT2D eigenvalue weighted by Gasteiger charge is 2.21. The highest BCUT2D eigenvalue weighted by atomic mass is 35.5. The third kappa shape index (κ3) is 5.57. The lowest BCUT2D eigenvalue weighted by molar-refractivity contribution is -0.120. The maximum Gasteiger partial charge on any atom is 0.229 e. The topological polar surface area (TPSA) is 78.9 Å². The molecule has 6 nitrogen and oxygen atoms in total. The highest BCUT2D eigenvalue weighted by molar-refractivity contribution is 6.33. The Kier molecular flexibility index (Phi) is 6.74. The van der Waals surface area contributed by atoms with Crippen molar-refractivity contribution >= 4 is 29.1 Å². The summed E-state index contributed by atoms with van der Waals surface area (Å²) in [5.74, 6) is 0.682. The summed E-state index contributed by atoms with van der Waals surface area (Å²) in [5, 5.41) is 9.76. The molecule has 1 atom stereocenters. The molecule has 8 heteroatoms. The van der Waals surface area contributed by atoms with Crippen LogP contribution in [0.1, 0.15) is 18.4 Å². The first-order chi connectivity index (χ1) is 15.1. The van der Waals surface area contributed by atoms with E-state index >= 15 is 0 Å². The molecule has 1 fully saturated rings. The first-order valence-electron chi connectivity index (χ1n) is 10.2. The van der Waals surface area contributed by atoms with Crippen molar-refractivity contribution in [3.63, 3.8) is 0 Å². The largest absolute Gasteiger partial charge is 0.366 e. The number of nitrogens with one attached hydrogen (secondary N) is 3. The third-order valence-electron chi connectivity index (χ3n) is 5.16. The van der Waals surface area contributed by atoms with Gasteiger partial charge in [0.05, 0.1) is 16.6 Å². The number of anilines is 2. The molecule has 4 rings (SSSR count). The summed E-state index contributed by atoms with van der Waals surface area (Å²) >= 11 is 6.37. The molecule has 0 spiro atoms. The van der Waals surface area contributed by atoms with Crippen molar-refractivity contribution < 1.29 is 9.18 Å².